The molecule has 110 valence electrons. The minimum atomic E-state index is -0.507. The smallest absolute Gasteiger partial charge is 0.339 e. The summed E-state index contributed by atoms with van der Waals surface area (Å²) in [6, 6.07) is 5.13. The highest BCUT2D eigenvalue weighted by Crippen LogP contribution is 2.21. The predicted octanol–water partition coefficient (Wildman–Crippen LogP) is 2.64. The summed E-state index contributed by atoms with van der Waals surface area (Å²) in [7, 11) is 1.30. The van der Waals surface area contributed by atoms with Crippen molar-refractivity contribution in [3.63, 3.8) is 0 Å². The van der Waals surface area contributed by atoms with Crippen LogP contribution in [-0.2, 0) is 4.74 Å². The first-order chi connectivity index (χ1) is 9.93. The molecule has 2 rings (SSSR count). The minimum absolute atomic E-state index is 0.303. The molecule has 0 aliphatic carbocycles. The first-order valence-electron chi connectivity index (χ1n) is 6.37. The van der Waals surface area contributed by atoms with Gasteiger partial charge in [0.1, 0.15) is 11.3 Å². The van der Waals surface area contributed by atoms with Crippen LogP contribution in [0.15, 0.2) is 22.7 Å². The van der Waals surface area contributed by atoms with Crippen LogP contribution in [0.3, 0.4) is 0 Å². The van der Waals surface area contributed by atoms with Crippen LogP contribution in [0.2, 0.25) is 0 Å². The van der Waals surface area contributed by atoms with Crippen LogP contribution in [0.4, 0.5) is 5.69 Å². The van der Waals surface area contributed by atoms with E-state index in [-0.39, 0.29) is 5.91 Å². The lowest BCUT2D eigenvalue weighted by molar-refractivity contribution is 0.0602. The summed E-state index contributed by atoms with van der Waals surface area (Å²) in [5, 5.41) is 6.44. The number of aryl methyl sites for hydroxylation is 3. The van der Waals surface area contributed by atoms with Crippen molar-refractivity contribution in [3.05, 3.63) is 46.3 Å². The molecular weight excluding hydrogens is 272 g/mol. The van der Waals surface area contributed by atoms with E-state index >= 15 is 0 Å². The van der Waals surface area contributed by atoms with Crippen LogP contribution >= 0.6 is 0 Å². The first-order valence-corrected chi connectivity index (χ1v) is 6.37. The second-order valence-corrected chi connectivity index (χ2v) is 4.69. The Balaban J connectivity index is 2.36. The number of hydrogen-bond acceptors (Lipinski definition) is 5. The molecule has 0 radical (unpaired) electrons. The molecule has 1 amide bonds. The van der Waals surface area contributed by atoms with Crippen molar-refractivity contribution < 1.29 is 18.8 Å². The molecule has 0 aliphatic heterocycles. The standard InChI is InChI=1S/C15H16N2O4/c1-8-5-6-12(11(7-8)15(19)20-4)16-14(18)13-9(2)17-21-10(13)3/h5-7H,1-4H3,(H,16,18). The van der Waals surface area contributed by atoms with E-state index < -0.39 is 5.97 Å². The molecule has 1 N–H and O–H groups in total. The van der Waals surface area contributed by atoms with Gasteiger partial charge in [-0.15, -0.1) is 0 Å². The molecule has 0 saturated heterocycles. The number of amides is 1. The van der Waals surface area contributed by atoms with Crippen LogP contribution in [0.1, 0.15) is 37.7 Å². The van der Waals surface area contributed by atoms with Crippen molar-refractivity contribution in [3.8, 4) is 0 Å². The normalized spacial score (nSPS) is 10.3. The quantitative estimate of drug-likeness (QED) is 0.878. The number of esters is 1. The monoisotopic (exact) mass is 288 g/mol. The van der Waals surface area contributed by atoms with E-state index in [1.165, 1.54) is 7.11 Å². The van der Waals surface area contributed by atoms with Crippen LogP contribution in [0, 0.1) is 20.8 Å². The molecular formula is C15H16N2O4. The van der Waals surface area contributed by atoms with Crippen molar-refractivity contribution in [2.24, 2.45) is 0 Å². The van der Waals surface area contributed by atoms with Gasteiger partial charge in [-0.1, -0.05) is 16.8 Å². The fourth-order valence-electron chi connectivity index (χ4n) is 2.04. The molecule has 0 atom stereocenters. The Kier molecular flexibility index (Phi) is 4.07. The molecule has 2 aromatic rings. The number of methoxy groups -OCH3 is 1. The molecule has 1 aromatic carbocycles. The maximum absolute atomic E-state index is 12.3. The van der Waals surface area contributed by atoms with Gasteiger partial charge in [0.05, 0.1) is 24.1 Å². The topological polar surface area (TPSA) is 81.4 Å². The summed E-state index contributed by atoms with van der Waals surface area (Å²) in [6.07, 6.45) is 0. The number of nitrogens with one attached hydrogen (secondary N) is 1. The zero-order chi connectivity index (χ0) is 15.6. The summed E-state index contributed by atoms with van der Waals surface area (Å²) in [6.45, 7) is 5.19. The number of nitrogens with zero attached hydrogens (tertiary/aromatic N) is 1. The summed E-state index contributed by atoms with van der Waals surface area (Å²) in [4.78, 5) is 24.1. The highest BCUT2D eigenvalue weighted by Gasteiger charge is 2.20. The van der Waals surface area contributed by atoms with Crippen LogP contribution < -0.4 is 5.32 Å². The molecule has 0 fully saturated rings. The number of aromatic nitrogens is 1. The summed E-state index contributed by atoms with van der Waals surface area (Å²) >= 11 is 0. The Morgan fingerprint density at radius 1 is 1.24 bits per heavy atom. The number of ether oxygens (including phenoxy) is 1. The predicted molar refractivity (Wildman–Crippen MR) is 76.4 cm³/mol. The van der Waals surface area contributed by atoms with Crippen molar-refractivity contribution >= 4 is 17.6 Å². The molecule has 6 heteroatoms. The zero-order valence-corrected chi connectivity index (χ0v) is 12.3. The maximum atomic E-state index is 12.3. The van der Waals surface area contributed by atoms with E-state index in [4.69, 9.17) is 9.26 Å². The van der Waals surface area contributed by atoms with Crippen molar-refractivity contribution in [1.29, 1.82) is 0 Å². The Hall–Kier alpha value is -2.63. The maximum Gasteiger partial charge on any atom is 0.339 e. The summed E-state index contributed by atoms with van der Waals surface area (Å²) < 4.78 is 9.70. The second kappa shape index (κ2) is 5.78. The lowest BCUT2D eigenvalue weighted by Crippen LogP contribution is -2.16. The number of carbonyl (C=O) groups excluding carboxylic acids is 2. The minimum Gasteiger partial charge on any atom is -0.465 e. The lowest BCUT2D eigenvalue weighted by atomic mass is 10.1. The zero-order valence-electron chi connectivity index (χ0n) is 12.3. The van der Waals surface area contributed by atoms with Gasteiger partial charge < -0.3 is 14.6 Å². The van der Waals surface area contributed by atoms with Gasteiger partial charge in [0.15, 0.2) is 0 Å². The Labute approximate surface area is 122 Å². The number of rotatable bonds is 3. The van der Waals surface area contributed by atoms with Gasteiger partial charge in [0.25, 0.3) is 5.91 Å². The number of hydrogen-bond donors (Lipinski definition) is 1. The highest BCUT2D eigenvalue weighted by atomic mass is 16.5. The van der Waals surface area contributed by atoms with E-state index in [0.717, 1.165) is 5.56 Å². The number of anilines is 1. The average Bonchev–Trinajstić information content (AvgIpc) is 2.79. The van der Waals surface area contributed by atoms with Crippen molar-refractivity contribution in [2.75, 3.05) is 12.4 Å². The number of benzene rings is 1. The molecule has 0 spiro atoms. The van der Waals surface area contributed by atoms with Crippen LogP contribution in [0.25, 0.3) is 0 Å². The van der Waals surface area contributed by atoms with Crippen LogP contribution in [0.5, 0.6) is 0 Å². The van der Waals surface area contributed by atoms with Crippen molar-refractivity contribution in [2.45, 2.75) is 20.8 Å². The fourth-order valence-corrected chi connectivity index (χ4v) is 2.04. The molecule has 0 saturated carbocycles. The highest BCUT2D eigenvalue weighted by molar-refractivity contribution is 6.09. The fraction of sp³-hybridized carbons (Fsp3) is 0.267. The third-order valence-corrected chi connectivity index (χ3v) is 3.09. The van der Waals surface area contributed by atoms with E-state index in [1.807, 2.05) is 6.92 Å². The molecule has 0 bridgehead atoms. The summed E-state index contributed by atoms with van der Waals surface area (Å²) in [5.74, 6) is -0.454. The first kappa shape index (κ1) is 14.8. The SMILES string of the molecule is COC(=O)c1cc(C)ccc1NC(=O)c1c(C)noc1C. The van der Waals surface area contributed by atoms with Gasteiger partial charge in [-0.2, -0.15) is 0 Å². The molecule has 21 heavy (non-hydrogen) atoms. The van der Waals surface area contributed by atoms with E-state index in [9.17, 15) is 9.59 Å². The van der Waals surface area contributed by atoms with Crippen LogP contribution in [-0.4, -0.2) is 24.1 Å². The molecule has 6 nitrogen and oxygen atoms in total. The third-order valence-electron chi connectivity index (χ3n) is 3.09. The molecule has 1 heterocycles. The van der Waals surface area contributed by atoms with Crippen molar-refractivity contribution in [1.82, 2.24) is 5.16 Å². The van der Waals surface area contributed by atoms with E-state index in [2.05, 4.69) is 10.5 Å². The van der Waals surface area contributed by atoms with Gasteiger partial charge >= 0.3 is 5.97 Å². The Morgan fingerprint density at radius 3 is 2.52 bits per heavy atom. The largest absolute Gasteiger partial charge is 0.465 e. The Bertz CT molecular complexity index is 684. The van der Waals surface area contributed by atoms with Gasteiger partial charge in [-0.05, 0) is 32.9 Å². The lowest BCUT2D eigenvalue weighted by Gasteiger charge is -2.10. The van der Waals surface area contributed by atoms with Gasteiger partial charge in [-0.3, -0.25) is 4.79 Å². The Morgan fingerprint density at radius 2 is 1.95 bits per heavy atom. The second-order valence-electron chi connectivity index (χ2n) is 4.69. The van der Waals surface area contributed by atoms with Gasteiger partial charge in [0.2, 0.25) is 0 Å². The number of carbonyl (C=O) groups is 2. The van der Waals surface area contributed by atoms with E-state index in [1.54, 1.807) is 32.0 Å². The third kappa shape index (κ3) is 2.94. The summed E-state index contributed by atoms with van der Waals surface area (Å²) in [5.41, 5.74) is 2.45. The van der Waals surface area contributed by atoms with Gasteiger partial charge in [-0.25, -0.2) is 4.79 Å². The van der Waals surface area contributed by atoms with Gasteiger partial charge in [0, 0.05) is 0 Å². The molecule has 0 unspecified atom stereocenters. The molecule has 0 aliphatic rings. The van der Waals surface area contributed by atoms with E-state index in [0.29, 0.717) is 28.3 Å². The molecule has 1 aromatic heterocycles. The average molecular weight is 288 g/mol.